The fraction of sp³-hybridized carbons (Fsp3) is 0.735. The van der Waals surface area contributed by atoms with E-state index in [0.29, 0.717) is 6.42 Å². The van der Waals surface area contributed by atoms with Crippen molar-refractivity contribution in [3.63, 3.8) is 0 Å². The number of carbonyl (C=O) groups is 1. The molecule has 5 N–H and O–H groups in total. The minimum atomic E-state index is -4.34. The smallest absolute Gasteiger partial charge is 0.387 e. The van der Waals surface area contributed by atoms with Crippen molar-refractivity contribution in [2.24, 2.45) is 5.73 Å². The molecule has 0 aromatic carbocycles. The van der Waals surface area contributed by atoms with Gasteiger partial charge in [-0.05, 0) is 64.2 Å². The molecule has 8 nitrogen and oxygen atoms in total. The first kappa shape index (κ1) is 41.5. The van der Waals surface area contributed by atoms with Gasteiger partial charge in [0, 0.05) is 13.0 Å². The van der Waals surface area contributed by atoms with E-state index in [0.717, 1.165) is 64.2 Å². The van der Waals surface area contributed by atoms with Gasteiger partial charge >= 0.3 is 7.82 Å². The number of amides is 1. The lowest BCUT2D eigenvalue weighted by Crippen LogP contribution is -2.45. The van der Waals surface area contributed by atoms with Gasteiger partial charge < -0.3 is 21.1 Å². The lowest BCUT2D eigenvalue weighted by Gasteiger charge is -2.23. The highest BCUT2D eigenvalue weighted by molar-refractivity contribution is 7.47. The van der Waals surface area contributed by atoms with Crippen LogP contribution in [0.2, 0.25) is 0 Å². The van der Waals surface area contributed by atoms with Crippen LogP contribution in [0.25, 0.3) is 0 Å². The van der Waals surface area contributed by atoms with E-state index in [1.807, 2.05) is 6.08 Å². The Morgan fingerprint density at radius 2 is 1.30 bits per heavy atom. The average Bonchev–Trinajstić information content (AvgIpc) is 2.99. The van der Waals surface area contributed by atoms with Crippen LogP contribution in [0.15, 0.2) is 48.6 Å². The molecule has 1 amide bonds. The van der Waals surface area contributed by atoms with Gasteiger partial charge in [0.2, 0.25) is 5.91 Å². The van der Waals surface area contributed by atoms with Crippen LogP contribution < -0.4 is 11.1 Å². The van der Waals surface area contributed by atoms with Gasteiger partial charge in [-0.1, -0.05) is 107 Å². The Morgan fingerprint density at radius 3 is 1.93 bits per heavy atom. The number of hydrogen-bond acceptors (Lipinski definition) is 6. The van der Waals surface area contributed by atoms with Crippen molar-refractivity contribution in [2.45, 2.75) is 142 Å². The standard InChI is InChI=1S/C34H63N2O6P/c1-3-5-7-9-11-13-14-15-16-17-18-20-22-24-26-28-34(38)36-32(31-42-43(39,40)41-30-29-35)33(37)27-25-23-21-19-12-10-8-6-4-2/h11-13,15-16,19,25,27,32-33,37H,3-10,14,17-18,20-24,26,28-31,35H2,1-2H3,(H,36,38)(H,39,40)/b13-11-,16-15-,19-12+,27-25+. The van der Waals surface area contributed by atoms with Gasteiger partial charge in [0.25, 0.3) is 0 Å². The predicted molar refractivity (Wildman–Crippen MR) is 180 cm³/mol. The normalized spacial score (nSPS) is 15.2. The Hall–Kier alpha value is -1.54. The molecule has 0 aromatic heterocycles. The molecular weight excluding hydrogens is 563 g/mol. The first-order valence-corrected chi connectivity index (χ1v) is 18.3. The Labute approximate surface area is 262 Å². The minimum Gasteiger partial charge on any atom is -0.387 e. The molecule has 43 heavy (non-hydrogen) atoms. The molecule has 3 unspecified atom stereocenters. The number of allylic oxidation sites excluding steroid dienone is 7. The SMILES string of the molecule is CCCCC/C=C\C/C=C\CCCCCCCC(=O)NC(COP(=O)(O)OCCN)C(O)/C=C/CC/C=C/CCCCC. The summed E-state index contributed by atoms with van der Waals surface area (Å²) in [7, 11) is -4.34. The van der Waals surface area contributed by atoms with E-state index in [2.05, 4.69) is 55.6 Å². The topological polar surface area (TPSA) is 131 Å². The van der Waals surface area contributed by atoms with Gasteiger partial charge in [0.1, 0.15) is 0 Å². The van der Waals surface area contributed by atoms with Crippen LogP contribution in [0.1, 0.15) is 129 Å². The molecule has 0 bridgehead atoms. The molecule has 0 aliphatic rings. The molecule has 9 heteroatoms. The van der Waals surface area contributed by atoms with E-state index in [1.165, 1.54) is 44.9 Å². The summed E-state index contributed by atoms with van der Waals surface area (Å²) in [5, 5.41) is 13.5. The van der Waals surface area contributed by atoms with Gasteiger partial charge in [0.15, 0.2) is 0 Å². The maximum atomic E-state index is 12.6. The number of hydrogen-bond donors (Lipinski definition) is 4. The van der Waals surface area contributed by atoms with Gasteiger partial charge in [-0.3, -0.25) is 13.8 Å². The fourth-order valence-electron chi connectivity index (χ4n) is 4.29. The summed E-state index contributed by atoms with van der Waals surface area (Å²) in [5.41, 5.74) is 5.33. The number of phosphoric acid groups is 1. The van der Waals surface area contributed by atoms with Crippen LogP contribution in [0.4, 0.5) is 0 Å². The van der Waals surface area contributed by atoms with Crippen LogP contribution in [0, 0.1) is 0 Å². The monoisotopic (exact) mass is 626 g/mol. The highest BCUT2D eigenvalue weighted by Gasteiger charge is 2.26. The Balaban J connectivity index is 4.42. The second kappa shape index (κ2) is 30.5. The first-order chi connectivity index (χ1) is 20.9. The van der Waals surface area contributed by atoms with Gasteiger partial charge in [0.05, 0.1) is 25.4 Å². The summed E-state index contributed by atoms with van der Waals surface area (Å²) in [6.45, 7) is 3.98. The van der Waals surface area contributed by atoms with Gasteiger partial charge in [-0.25, -0.2) is 4.57 Å². The van der Waals surface area contributed by atoms with Crippen molar-refractivity contribution >= 4 is 13.7 Å². The van der Waals surface area contributed by atoms with E-state index < -0.39 is 20.0 Å². The van der Waals surface area contributed by atoms with Crippen molar-refractivity contribution in [3.05, 3.63) is 48.6 Å². The second-order valence-corrected chi connectivity index (χ2v) is 12.5. The second-order valence-electron chi connectivity index (χ2n) is 11.0. The lowest BCUT2D eigenvalue weighted by atomic mass is 10.1. The lowest BCUT2D eigenvalue weighted by molar-refractivity contribution is -0.123. The van der Waals surface area contributed by atoms with Gasteiger partial charge in [-0.15, -0.1) is 0 Å². The number of nitrogens with two attached hydrogens (primary N) is 1. The fourth-order valence-corrected chi connectivity index (χ4v) is 5.05. The number of carbonyl (C=O) groups excluding carboxylic acids is 1. The van der Waals surface area contributed by atoms with Crippen LogP contribution in [0.5, 0.6) is 0 Å². The summed E-state index contributed by atoms with van der Waals surface area (Å²) < 4.78 is 21.9. The minimum absolute atomic E-state index is 0.0695. The molecule has 3 atom stereocenters. The molecular formula is C34H63N2O6P. The van der Waals surface area contributed by atoms with Crippen molar-refractivity contribution in [1.29, 1.82) is 0 Å². The first-order valence-electron chi connectivity index (χ1n) is 16.8. The molecule has 0 radical (unpaired) electrons. The number of aliphatic hydroxyl groups excluding tert-OH is 1. The summed E-state index contributed by atoms with van der Waals surface area (Å²) >= 11 is 0. The zero-order valence-corrected chi connectivity index (χ0v) is 28.1. The van der Waals surface area contributed by atoms with Crippen LogP contribution in [0.3, 0.4) is 0 Å². The largest absolute Gasteiger partial charge is 0.472 e. The summed E-state index contributed by atoms with van der Waals surface area (Å²) in [6, 6.07) is -0.881. The van der Waals surface area contributed by atoms with Crippen molar-refractivity contribution in [3.8, 4) is 0 Å². The van der Waals surface area contributed by atoms with Crippen molar-refractivity contribution < 1.29 is 28.4 Å². The molecule has 0 rings (SSSR count). The zero-order valence-electron chi connectivity index (χ0n) is 27.2. The molecule has 0 aliphatic carbocycles. The molecule has 0 heterocycles. The number of phosphoric ester groups is 1. The number of aliphatic hydroxyl groups is 1. The van der Waals surface area contributed by atoms with Crippen molar-refractivity contribution in [2.75, 3.05) is 19.8 Å². The van der Waals surface area contributed by atoms with E-state index in [1.54, 1.807) is 6.08 Å². The van der Waals surface area contributed by atoms with Crippen LogP contribution in [-0.2, 0) is 18.4 Å². The Morgan fingerprint density at radius 1 is 0.767 bits per heavy atom. The Bertz CT molecular complexity index is 815. The number of rotatable bonds is 30. The van der Waals surface area contributed by atoms with E-state index >= 15 is 0 Å². The summed E-state index contributed by atoms with van der Waals surface area (Å²) in [4.78, 5) is 22.4. The molecule has 0 fully saturated rings. The highest BCUT2D eigenvalue weighted by atomic mass is 31.2. The molecule has 0 spiro atoms. The van der Waals surface area contributed by atoms with E-state index in [4.69, 9.17) is 14.8 Å². The third kappa shape index (κ3) is 29.0. The summed E-state index contributed by atoms with van der Waals surface area (Å²) in [5.74, 6) is -0.225. The molecule has 250 valence electrons. The van der Waals surface area contributed by atoms with Crippen LogP contribution >= 0.6 is 7.82 Å². The predicted octanol–water partition coefficient (Wildman–Crippen LogP) is 8.21. The third-order valence-electron chi connectivity index (χ3n) is 6.88. The van der Waals surface area contributed by atoms with Crippen molar-refractivity contribution in [1.82, 2.24) is 5.32 Å². The van der Waals surface area contributed by atoms with E-state index in [9.17, 15) is 19.4 Å². The average molecular weight is 627 g/mol. The summed E-state index contributed by atoms with van der Waals surface area (Å²) in [6.07, 6.45) is 34.5. The van der Waals surface area contributed by atoms with Crippen LogP contribution in [-0.4, -0.2) is 47.8 Å². The number of unbranched alkanes of at least 4 members (excludes halogenated alkanes) is 12. The molecule has 0 saturated heterocycles. The third-order valence-corrected chi connectivity index (χ3v) is 7.86. The maximum Gasteiger partial charge on any atom is 0.472 e. The maximum absolute atomic E-state index is 12.6. The highest BCUT2D eigenvalue weighted by Crippen LogP contribution is 2.43. The van der Waals surface area contributed by atoms with E-state index in [-0.39, 0.29) is 25.7 Å². The molecule has 0 aliphatic heterocycles. The van der Waals surface area contributed by atoms with Gasteiger partial charge in [-0.2, -0.15) is 0 Å². The quantitative estimate of drug-likeness (QED) is 0.0359. The Kier molecular flexibility index (Phi) is 29.4. The molecule has 0 aromatic rings. The number of nitrogens with one attached hydrogen (secondary N) is 1. The zero-order chi connectivity index (χ0) is 31.9. The molecule has 0 saturated carbocycles.